The molecule has 0 aliphatic carbocycles. The summed E-state index contributed by atoms with van der Waals surface area (Å²) in [5.41, 5.74) is 0. The van der Waals surface area contributed by atoms with E-state index in [2.05, 4.69) is 4.74 Å². The van der Waals surface area contributed by atoms with Crippen LogP contribution in [0.25, 0.3) is 0 Å². The van der Waals surface area contributed by atoms with Gasteiger partial charge in [0.1, 0.15) is 0 Å². The number of hydrogen-bond acceptors (Lipinski definition) is 3. The lowest BCUT2D eigenvalue weighted by Gasteiger charge is -2.42. The van der Waals surface area contributed by atoms with Crippen molar-refractivity contribution in [2.24, 2.45) is 5.92 Å². The molecule has 0 saturated carbocycles. The lowest BCUT2D eigenvalue weighted by molar-refractivity contribution is -0.462. The second-order valence-corrected chi connectivity index (χ2v) is 6.75. The molecule has 0 aromatic carbocycles. The van der Waals surface area contributed by atoms with Gasteiger partial charge in [-0.05, 0) is 5.92 Å². The smallest absolute Gasteiger partial charge is 0.473 e. The van der Waals surface area contributed by atoms with Crippen LogP contribution in [0, 0.1) is 5.92 Å². The van der Waals surface area contributed by atoms with E-state index in [0.717, 1.165) is 0 Å². The fraction of sp³-hybridized carbons (Fsp3) is 0.733. The number of halogens is 15. The van der Waals surface area contributed by atoms with Crippen molar-refractivity contribution in [2.45, 2.75) is 61.7 Å². The Morgan fingerprint density at radius 3 is 1.38 bits per heavy atom. The van der Waals surface area contributed by atoms with Gasteiger partial charge in [-0.1, -0.05) is 13.8 Å². The summed E-state index contributed by atoms with van der Waals surface area (Å²) in [6.45, 7) is 0.642. The monoisotopic (exact) mass is 540 g/mol. The second-order valence-electron chi connectivity index (χ2n) is 6.75. The molecule has 0 spiro atoms. The third-order valence-corrected chi connectivity index (χ3v) is 3.88. The highest BCUT2D eigenvalue weighted by atomic mass is 19.4. The summed E-state index contributed by atoms with van der Waals surface area (Å²) in [7, 11) is 0. The molecule has 34 heavy (non-hydrogen) atoms. The molecular formula is C15H11F15O4. The Balaban J connectivity index is 6.57. The summed E-state index contributed by atoms with van der Waals surface area (Å²) >= 11 is 0. The van der Waals surface area contributed by atoms with Gasteiger partial charge in [-0.15, -0.1) is 0 Å². The van der Waals surface area contributed by atoms with Crippen LogP contribution in [0.15, 0.2) is 12.2 Å². The van der Waals surface area contributed by atoms with Crippen molar-refractivity contribution in [3.8, 4) is 0 Å². The summed E-state index contributed by atoms with van der Waals surface area (Å²) < 4.78 is 205. The van der Waals surface area contributed by atoms with E-state index < -0.39 is 77.8 Å². The number of carbonyl (C=O) groups excluding carboxylic acids is 1. The number of alkyl halides is 15. The molecule has 0 heterocycles. The number of aliphatic carboxylic acids is 1. The van der Waals surface area contributed by atoms with Crippen LogP contribution in [-0.2, 0) is 14.3 Å². The standard InChI is InChI=1S/C15H11F15O4/c1-5(2)8(16)9(17,18)10(19,20)11(21,22)12(23,24)13(25,26)14(27,28)15(29,30)34-7(33)4-3-6(31)32/h3-5,8H,1-2H3,(H,31,32). The minimum atomic E-state index is -8.47. The molecule has 1 atom stereocenters. The number of carboxylic acid groups (broad SMARTS) is 1. The highest BCUT2D eigenvalue weighted by molar-refractivity contribution is 5.90. The molecule has 0 aliphatic rings. The molecule has 0 bridgehead atoms. The third-order valence-electron chi connectivity index (χ3n) is 3.88. The van der Waals surface area contributed by atoms with Crippen molar-refractivity contribution in [3.63, 3.8) is 0 Å². The van der Waals surface area contributed by atoms with E-state index in [9.17, 15) is 75.4 Å². The molecule has 4 nitrogen and oxygen atoms in total. The average molecular weight is 540 g/mol. The predicted octanol–water partition coefficient (Wildman–Crippen LogP) is 5.57. The molecule has 0 rings (SSSR count). The molecular weight excluding hydrogens is 529 g/mol. The quantitative estimate of drug-likeness (QED) is 0.212. The highest BCUT2D eigenvalue weighted by Gasteiger charge is 2.94. The van der Waals surface area contributed by atoms with Crippen LogP contribution in [0.3, 0.4) is 0 Å². The van der Waals surface area contributed by atoms with Crippen molar-refractivity contribution < 1.29 is 85.3 Å². The molecule has 1 N–H and O–H groups in total. The Bertz CT molecular complexity index is 804. The van der Waals surface area contributed by atoms with Crippen molar-refractivity contribution in [1.29, 1.82) is 0 Å². The predicted molar refractivity (Wildman–Crippen MR) is 77.2 cm³/mol. The van der Waals surface area contributed by atoms with Gasteiger partial charge in [-0.25, -0.2) is 14.0 Å². The van der Waals surface area contributed by atoms with Gasteiger partial charge in [-0.2, -0.15) is 61.5 Å². The van der Waals surface area contributed by atoms with Gasteiger partial charge in [0.15, 0.2) is 6.17 Å². The number of carbonyl (C=O) groups is 2. The first-order chi connectivity index (χ1) is 14.7. The van der Waals surface area contributed by atoms with E-state index in [1.807, 2.05) is 0 Å². The Morgan fingerprint density at radius 1 is 0.676 bits per heavy atom. The maximum Gasteiger partial charge on any atom is 0.473 e. The van der Waals surface area contributed by atoms with Gasteiger partial charge in [0.2, 0.25) is 0 Å². The lowest BCUT2D eigenvalue weighted by atomic mass is 9.87. The summed E-state index contributed by atoms with van der Waals surface area (Å²) in [6, 6.07) is 0. The van der Waals surface area contributed by atoms with Crippen molar-refractivity contribution >= 4 is 11.9 Å². The van der Waals surface area contributed by atoms with E-state index in [1.165, 1.54) is 0 Å². The van der Waals surface area contributed by atoms with Gasteiger partial charge in [-0.3, -0.25) is 0 Å². The number of rotatable bonds is 11. The molecule has 0 aromatic heterocycles. The van der Waals surface area contributed by atoms with Gasteiger partial charge >= 0.3 is 53.6 Å². The molecule has 0 amide bonds. The largest absolute Gasteiger partial charge is 0.478 e. The molecule has 0 saturated heterocycles. The maximum absolute atomic E-state index is 13.6. The number of carboxylic acids is 1. The number of ether oxygens (including phenoxy) is 1. The van der Waals surface area contributed by atoms with Crippen LogP contribution in [-0.4, -0.2) is 64.9 Å². The first-order valence-electron chi connectivity index (χ1n) is 8.09. The highest BCUT2D eigenvalue weighted by Crippen LogP contribution is 2.63. The average Bonchev–Trinajstić information content (AvgIpc) is 2.64. The summed E-state index contributed by atoms with van der Waals surface area (Å²) in [5.74, 6) is -55.4. The molecule has 200 valence electrons. The zero-order chi connectivity index (χ0) is 27.9. The zero-order valence-electron chi connectivity index (χ0n) is 16.2. The molecule has 1 unspecified atom stereocenters. The maximum atomic E-state index is 13.6. The number of esters is 1. The molecule has 0 fully saturated rings. The summed E-state index contributed by atoms with van der Waals surface area (Å²) in [6.07, 6.45) is -12.8. The second kappa shape index (κ2) is 9.01. The Morgan fingerprint density at radius 2 is 1.03 bits per heavy atom. The Labute approximate surface area is 178 Å². The fourth-order valence-corrected chi connectivity index (χ4v) is 1.94. The topological polar surface area (TPSA) is 63.6 Å². The third kappa shape index (κ3) is 4.73. The summed E-state index contributed by atoms with van der Waals surface area (Å²) in [5, 5.41) is 8.07. The molecule has 0 aliphatic heterocycles. The molecule has 0 radical (unpaired) electrons. The van der Waals surface area contributed by atoms with Crippen molar-refractivity contribution in [1.82, 2.24) is 0 Å². The van der Waals surface area contributed by atoms with Crippen LogP contribution in [0.5, 0.6) is 0 Å². The van der Waals surface area contributed by atoms with Gasteiger partial charge < -0.3 is 9.84 Å². The van der Waals surface area contributed by atoms with Crippen molar-refractivity contribution in [2.75, 3.05) is 0 Å². The summed E-state index contributed by atoms with van der Waals surface area (Å²) in [4.78, 5) is 20.8. The first kappa shape index (κ1) is 31.6. The zero-order valence-corrected chi connectivity index (χ0v) is 16.2. The van der Waals surface area contributed by atoms with E-state index in [-0.39, 0.29) is 0 Å². The van der Waals surface area contributed by atoms with E-state index in [4.69, 9.17) is 5.11 Å². The lowest BCUT2D eigenvalue weighted by Crippen LogP contribution is -2.74. The van der Waals surface area contributed by atoms with Crippen LogP contribution in [0.2, 0.25) is 0 Å². The molecule has 19 heteroatoms. The van der Waals surface area contributed by atoms with Gasteiger partial charge in [0.25, 0.3) is 0 Å². The normalized spacial score (nSPS) is 16.2. The van der Waals surface area contributed by atoms with E-state index in [0.29, 0.717) is 13.8 Å². The molecule has 0 aromatic rings. The van der Waals surface area contributed by atoms with E-state index in [1.54, 1.807) is 0 Å². The van der Waals surface area contributed by atoms with Crippen molar-refractivity contribution in [3.05, 3.63) is 12.2 Å². The van der Waals surface area contributed by atoms with Crippen LogP contribution < -0.4 is 0 Å². The van der Waals surface area contributed by atoms with Crippen LogP contribution >= 0.6 is 0 Å². The fourth-order valence-electron chi connectivity index (χ4n) is 1.94. The van der Waals surface area contributed by atoms with Crippen LogP contribution in [0.4, 0.5) is 65.9 Å². The minimum Gasteiger partial charge on any atom is -0.478 e. The van der Waals surface area contributed by atoms with Gasteiger partial charge in [0, 0.05) is 12.2 Å². The van der Waals surface area contributed by atoms with E-state index >= 15 is 0 Å². The number of hydrogen-bond donors (Lipinski definition) is 1. The SMILES string of the molecule is CC(C)C(F)C(F)(F)C(F)(F)C(F)(F)C(F)(F)C(F)(F)C(F)(F)C(F)(F)OC(=O)C=CC(=O)O. The van der Waals surface area contributed by atoms with Gasteiger partial charge in [0.05, 0.1) is 0 Å². The Kier molecular flexibility index (Phi) is 8.38. The first-order valence-corrected chi connectivity index (χ1v) is 8.09. The Hall–Kier alpha value is -2.37. The minimum absolute atomic E-state index is 0.321. The van der Waals surface area contributed by atoms with Crippen LogP contribution in [0.1, 0.15) is 13.8 Å².